The molecule has 1 atom stereocenters. The van der Waals surface area contributed by atoms with Crippen LogP contribution in [0.5, 0.6) is 0 Å². The Morgan fingerprint density at radius 1 is 1.23 bits per heavy atom. The standard InChI is InChI=1S/C24H28BFN4/c1-3-17-10-12-30(16-17)24-14-22(28-23-13-19(26)7-9-21(23)24)18-6-8-20(27-15-18)5-4-11-29(2)25/h6-9,13-15,17H,3-5,10-12,16H2,1-2H3. The van der Waals surface area contributed by atoms with Gasteiger partial charge in [0.05, 0.1) is 11.2 Å². The summed E-state index contributed by atoms with van der Waals surface area (Å²) in [5.74, 6) is 0.454. The van der Waals surface area contributed by atoms with Gasteiger partial charge in [-0.1, -0.05) is 13.3 Å². The molecule has 4 nitrogen and oxygen atoms in total. The van der Waals surface area contributed by atoms with Crippen molar-refractivity contribution in [1.29, 1.82) is 0 Å². The molecule has 30 heavy (non-hydrogen) atoms. The highest BCUT2D eigenvalue weighted by molar-refractivity contribution is 6.04. The zero-order valence-electron chi connectivity index (χ0n) is 17.8. The van der Waals surface area contributed by atoms with Gasteiger partial charge in [-0.3, -0.25) is 4.98 Å². The Morgan fingerprint density at radius 2 is 2.10 bits per heavy atom. The molecule has 1 aromatic carbocycles. The highest BCUT2D eigenvalue weighted by Gasteiger charge is 2.23. The molecule has 0 spiro atoms. The van der Waals surface area contributed by atoms with Crippen LogP contribution in [0.1, 0.15) is 31.9 Å². The number of rotatable bonds is 7. The molecule has 3 heterocycles. The van der Waals surface area contributed by atoms with Crippen molar-refractivity contribution in [2.24, 2.45) is 5.92 Å². The van der Waals surface area contributed by atoms with Crippen molar-refractivity contribution in [3.05, 3.63) is 54.1 Å². The van der Waals surface area contributed by atoms with Gasteiger partial charge >= 0.3 is 0 Å². The zero-order valence-corrected chi connectivity index (χ0v) is 17.8. The van der Waals surface area contributed by atoms with E-state index in [2.05, 4.69) is 28.9 Å². The fourth-order valence-electron chi connectivity index (χ4n) is 4.21. The monoisotopic (exact) mass is 402 g/mol. The minimum absolute atomic E-state index is 0.260. The van der Waals surface area contributed by atoms with Crippen LogP contribution in [0.2, 0.25) is 0 Å². The van der Waals surface area contributed by atoms with Crippen LogP contribution >= 0.6 is 0 Å². The van der Waals surface area contributed by atoms with Crippen molar-refractivity contribution >= 4 is 24.6 Å². The predicted octanol–water partition coefficient (Wildman–Crippen LogP) is 4.62. The van der Waals surface area contributed by atoms with Crippen molar-refractivity contribution in [2.45, 2.75) is 32.6 Å². The van der Waals surface area contributed by atoms with E-state index in [1.165, 1.54) is 25.0 Å². The first kappa shape index (κ1) is 20.8. The number of pyridine rings is 2. The lowest BCUT2D eigenvalue weighted by atomic mass is 10.1. The molecule has 0 bridgehead atoms. The number of aromatic nitrogens is 2. The maximum Gasteiger partial charge on any atom is 0.182 e. The molecule has 1 aliphatic rings. The Balaban J connectivity index is 1.65. The summed E-state index contributed by atoms with van der Waals surface area (Å²) >= 11 is 0. The van der Waals surface area contributed by atoms with Gasteiger partial charge < -0.3 is 9.71 Å². The Bertz CT molecular complexity index is 1010. The van der Waals surface area contributed by atoms with Crippen molar-refractivity contribution in [3.8, 4) is 11.3 Å². The van der Waals surface area contributed by atoms with Crippen LogP contribution in [-0.4, -0.2) is 49.4 Å². The van der Waals surface area contributed by atoms with Gasteiger partial charge in [-0.05, 0) is 69.1 Å². The van der Waals surface area contributed by atoms with Crippen molar-refractivity contribution < 1.29 is 4.39 Å². The van der Waals surface area contributed by atoms with Gasteiger partial charge in [-0.2, -0.15) is 0 Å². The highest BCUT2D eigenvalue weighted by atomic mass is 19.1. The molecule has 6 heteroatoms. The lowest BCUT2D eigenvalue weighted by Crippen LogP contribution is -2.20. The molecule has 1 aliphatic heterocycles. The number of hydrogen-bond donors (Lipinski definition) is 0. The molecule has 3 aromatic rings. The summed E-state index contributed by atoms with van der Waals surface area (Å²) in [6.07, 6.45) is 6.11. The van der Waals surface area contributed by atoms with E-state index in [-0.39, 0.29) is 5.82 Å². The highest BCUT2D eigenvalue weighted by Crippen LogP contribution is 2.34. The van der Waals surface area contributed by atoms with Crippen LogP contribution in [-0.2, 0) is 6.42 Å². The molecule has 1 unspecified atom stereocenters. The van der Waals surface area contributed by atoms with E-state index in [0.29, 0.717) is 11.4 Å². The molecule has 1 saturated heterocycles. The lowest BCUT2D eigenvalue weighted by Gasteiger charge is -2.21. The van der Waals surface area contributed by atoms with Crippen LogP contribution in [0.3, 0.4) is 0 Å². The van der Waals surface area contributed by atoms with E-state index >= 15 is 0 Å². The molecule has 1 fully saturated rings. The number of aryl methyl sites for hydroxylation is 1. The number of halogens is 1. The van der Waals surface area contributed by atoms with Gasteiger partial charge in [-0.25, -0.2) is 9.37 Å². The van der Waals surface area contributed by atoms with Gasteiger partial charge in [0.25, 0.3) is 0 Å². The number of hydrogen-bond acceptors (Lipinski definition) is 4. The quantitative estimate of drug-likeness (QED) is 0.540. The number of fused-ring (bicyclic) bond motifs is 1. The molecular weight excluding hydrogens is 374 g/mol. The second-order valence-corrected chi connectivity index (χ2v) is 8.32. The van der Waals surface area contributed by atoms with E-state index in [1.807, 2.05) is 25.4 Å². The molecule has 2 aromatic heterocycles. The van der Waals surface area contributed by atoms with E-state index in [0.717, 1.165) is 60.5 Å². The van der Waals surface area contributed by atoms with Crippen LogP contribution in [0.4, 0.5) is 10.1 Å². The normalized spacial score (nSPS) is 16.7. The summed E-state index contributed by atoms with van der Waals surface area (Å²) in [5.41, 5.74) is 4.66. The number of nitrogens with zero attached hydrogens (tertiary/aromatic N) is 4. The summed E-state index contributed by atoms with van der Waals surface area (Å²) in [5, 5.41) is 1.01. The smallest absolute Gasteiger partial charge is 0.182 e. The summed E-state index contributed by atoms with van der Waals surface area (Å²) in [4.78, 5) is 13.5. The fourth-order valence-corrected chi connectivity index (χ4v) is 4.21. The zero-order chi connectivity index (χ0) is 21.1. The summed E-state index contributed by atoms with van der Waals surface area (Å²) in [6.45, 7) is 5.15. The third-order valence-corrected chi connectivity index (χ3v) is 6.02. The maximum absolute atomic E-state index is 13.9. The Morgan fingerprint density at radius 3 is 2.80 bits per heavy atom. The van der Waals surface area contributed by atoms with Crippen LogP contribution < -0.4 is 4.90 Å². The molecule has 0 saturated carbocycles. The van der Waals surface area contributed by atoms with Crippen molar-refractivity contribution in [1.82, 2.24) is 14.8 Å². The van der Waals surface area contributed by atoms with Crippen LogP contribution in [0.15, 0.2) is 42.6 Å². The van der Waals surface area contributed by atoms with Gasteiger partial charge in [-0.15, -0.1) is 0 Å². The van der Waals surface area contributed by atoms with Crippen molar-refractivity contribution in [2.75, 3.05) is 31.6 Å². The third kappa shape index (κ3) is 4.64. The van der Waals surface area contributed by atoms with Gasteiger partial charge in [0, 0.05) is 47.7 Å². The van der Waals surface area contributed by atoms with Crippen LogP contribution in [0, 0.1) is 11.7 Å². The Hall–Kier alpha value is -2.47. The summed E-state index contributed by atoms with van der Waals surface area (Å²) in [7, 11) is 7.54. The van der Waals surface area contributed by atoms with E-state index in [1.54, 1.807) is 4.81 Å². The number of benzene rings is 1. The Kier molecular flexibility index (Phi) is 6.33. The van der Waals surface area contributed by atoms with Gasteiger partial charge in [0.2, 0.25) is 0 Å². The average Bonchev–Trinajstić information content (AvgIpc) is 3.22. The van der Waals surface area contributed by atoms with E-state index in [9.17, 15) is 4.39 Å². The van der Waals surface area contributed by atoms with E-state index in [4.69, 9.17) is 13.0 Å². The first-order valence-corrected chi connectivity index (χ1v) is 10.8. The van der Waals surface area contributed by atoms with Crippen LogP contribution in [0.25, 0.3) is 22.2 Å². The second kappa shape index (κ2) is 9.13. The SMILES string of the molecule is [B]N(C)CCCc1ccc(-c2cc(N3CCC(CC)C3)c3ccc(F)cc3n2)cn1. The first-order valence-electron chi connectivity index (χ1n) is 10.8. The van der Waals surface area contributed by atoms with Gasteiger partial charge in [0.1, 0.15) is 5.82 Å². The molecule has 0 N–H and O–H groups in total. The minimum atomic E-state index is -0.260. The molecule has 0 amide bonds. The largest absolute Gasteiger partial charge is 0.371 e. The maximum atomic E-state index is 13.9. The topological polar surface area (TPSA) is 32.3 Å². The third-order valence-electron chi connectivity index (χ3n) is 6.02. The molecule has 0 aliphatic carbocycles. The first-order chi connectivity index (χ1) is 14.5. The fraction of sp³-hybridized carbons (Fsp3) is 0.417. The molecule has 2 radical (unpaired) electrons. The minimum Gasteiger partial charge on any atom is -0.371 e. The molecule has 154 valence electrons. The molecule has 4 rings (SSSR count). The predicted molar refractivity (Wildman–Crippen MR) is 122 cm³/mol. The molecular formula is C24H28BFN4. The van der Waals surface area contributed by atoms with E-state index < -0.39 is 0 Å². The average molecular weight is 402 g/mol. The number of anilines is 1. The lowest BCUT2D eigenvalue weighted by molar-refractivity contribution is 0.523. The summed E-state index contributed by atoms with van der Waals surface area (Å²) < 4.78 is 13.9. The summed E-state index contributed by atoms with van der Waals surface area (Å²) in [6, 6.07) is 11.2. The van der Waals surface area contributed by atoms with Crippen molar-refractivity contribution in [3.63, 3.8) is 0 Å². The second-order valence-electron chi connectivity index (χ2n) is 8.32. The Labute approximate surface area is 179 Å². The van der Waals surface area contributed by atoms with Gasteiger partial charge in [0.15, 0.2) is 7.98 Å².